The standard InChI is InChI=1S/C8H9NO/c1-2-4-7(9)8-5-3-6-10-8/h2-6H,1,9H2/b7-4+. The lowest BCUT2D eigenvalue weighted by Crippen LogP contribution is -1.92. The monoisotopic (exact) mass is 135 g/mol. The Hall–Kier alpha value is -1.44. The number of nitrogens with two attached hydrogens (primary N) is 1. The minimum atomic E-state index is 0.597. The molecule has 0 aliphatic carbocycles. The van der Waals surface area contributed by atoms with Crippen LogP contribution in [-0.4, -0.2) is 0 Å². The van der Waals surface area contributed by atoms with Gasteiger partial charge in [-0.1, -0.05) is 12.7 Å². The first kappa shape index (κ1) is 6.68. The van der Waals surface area contributed by atoms with Gasteiger partial charge in [-0.25, -0.2) is 0 Å². The number of hydrogen-bond acceptors (Lipinski definition) is 2. The van der Waals surface area contributed by atoms with Gasteiger partial charge in [0, 0.05) is 0 Å². The molecule has 52 valence electrons. The molecule has 1 heterocycles. The summed E-state index contributed by atoms with van der Waals surface area (Å²) in [5, 5.41) is 0. The Labute approximate surface area is 59.6 Å². The van der Waals surface area contributed by atoms with Crippen molar-refractivity contribution in [3.8, 4) is 0 Å². The van der Waals surface area contributed by atoms with Crippen molar-refractivity contribution in [3.63, 3.8) is 0 Å². The van der Waals surface area contributed by atoms with Crippen molar-refractivity contribution < 1.29 is 4.42 Å². The number of hydrogen-bond donors (Lipinski definition) is 1. The Balaban J connectivity index is 2.86. The van der Waals surface area contributed by atoms with Gasteiger partial charge in [0.2, 0.25) is 0 Å². The van der Waals surface area contributed by atoms with Gasteiger partial charge < -0.3 is 10.2 Å². The normalized spacial score (nSPS) is 11.4. The molecule has 0 atom stereocenters. The molecule has 2 heteroatoms. The van der Waals surface area contributed by atoms with Gasteiger partial charge >= 0.3 is 0 Å². The minimum absolute atomic E-state index is 0.597. The van der Waals surface area contributed by atoms with E-state index in [1.54, 1.807) is 30.5 Å². The predicted molar refractivity (Wildman–Crippen MR) is 41.1 cm³/mol. The summed E-state index contributed by atoms with van der Waals surface area (Å²) in [6.45, 7) is 3.51. The third-order valence-corrected chi connectivity index (χ3v) is 1.10. The molecule has 2 nitrogen and oxygen atoms in total. The molecule has 0 aromatic carbocycles. The highest BCUT2D eigenvalue weighted by molar-refractivity contribution is 5.59. The molecule has 0 amide bonds. The second-order valence-corrected chi connectivity index (χ2v) is 1.84. The van der Waals surface area contributed by atoms with E-state index in [4.69, 9.17) is 10.2 Å². The summed E-state index contributed by atoms with van der Waals surface area (Å²) in [6, 6.07) is 3.59. The highest BCUT2D eigenvalue weighted by Gasteiger charge is 1.94. The number of furan rings is 1. The second kappa shape index (κ2) is 2.92. The van der Waals surface area contributed by atoms with Crippen molar-refractivity contribution in [1.82, 2.24) is 0 Å². The van der Waals surface area contributed by atoms with E-state index in [0.717, 1.165) is 0 Å². The maximum Gasteiger partial charge on any atom is 0.149 e. The van der Waals surface area contributed by atoms with Crippen LogP contribution in [0.3, 0.4) is 0 Å². The van der Waals surface area contributed by atoms with Crippen LogP contribution in [0.2, 0.25) is 0 Å². The zero-order chi connectivity index (χ0) is 7.40. The van der Waals surface area contributed by atoms with Gasteiger partial charge in [-0.3, -0.25) is 0 Å². The second-order valence-electron chi connectivity index (χ2n) is 1.84. The van der Waals surface area contributed by atoms with Crippen LogP contribution >= 0.6 is 0 Å². The Morgan fingerprint density at radius 1 is 1.70 bits per heavy atom. The summed E-state index contributed by atoms with van der Waals surface area (Å²) in [6.07, 6.45) is 4.90. The van der Waals surface area contributed by atoms with Crippen LogP contribution < -0.4 is 5.73 Å². The topological polar surface area (TPSA) is 39.2 Å². The van der Waals surface area contributed by atoms with Crippen LogP contribution in [-0.2, 0) is 0 Å². The molecule has 0 aliphatic heterocycles. The number of rotatable bonds is 2. The first-order valence-electron chi connectivity index (χ1n) is 2.96. The molecule has 0 bridgehead atoms. The van der Waals surface area contributed by atoms with Gasteiger partial charge in [0.25, 0.3) is 0 Å². The lowest BCUT2D eigenvalue weighted by molar-refractivity contribution is 0.552. The molecule has 0 unspecified atom stereocenters. The molecule has 10 heavy (non-hydrogen) atoms. The van der Waals surface area contributed by atoms with Gasteiger partial charge in [0.05, 0.1) is 12.0 Å². The van der Waals surface area contributed by atoms with E-state index in [1.165, 1.54) is 0 Å². The molecular formula is C8H9NO. The average Bonchev–Trinajstić information content (AvgIpc) is 2.38. The summed E-state index contributed by atoms with van der Waals surface area (Å²) < 4.78 is 5.01. The Morgan fingerprint density at radius 2 is 2.50 bits per heavy atom. The fourth-order valence-corrected chi connectivity index (χ4v) is 0.652. The Kier molecular flexibility index (Phi) is 1.95. The first-order chi connectivity index (χ1) is 4.84. The van der Waals surface area contributed by atoms with Crippen molar-refractivity contribution in [2.24, 2.45) is 5.73 Å². The maximum absolute atomic E-state index is 5.55. The third kappa shape index (κ3) is 1.29. The van der Waals surface area contributed by atoms with Gasteiger partial charge in [0.15, 0.2) is 0 Å². The summed E-state index contributed by atoms with van der Waals surface area (Å²) in [4.78, 5) is 0. The van der Waals surface area contributed by atoms with Gasteiger partial charge in [-0.15, -0.1) is 0 Å². The molecule has 0 saturated heterocycles. The van der Waals surface area contributed by atoms with Crippen molar-refractivity contribution in [2.45, 2.75) is 0 Å². The summed E-state index contributed by atoms with van der Waals surface area (Å²) in [7, 11) is 0. The van der Waals surface area contributed by atoms with Crippen LogP contribution in [0.4, 0.5) is 0 Å². The van der Waals surface area contributed by atoms with E-state index in [0.29, 0.717) is 11.5 Å². The molecule has 1 rings (SSSR count). The molecule has 0 spiro atoms. The lowest BCUT2D eigenvalue weighted by atomic mass is 10.3. The van der Waals surface area contributed by atoms with E-state index in [1.807, 2.05) is 0 Å². The highest BCUT2D eigenvalue weighted by Crippen LogP contribution is 2.07. The minimum Gasteiger partial charge on any atom is -0.463 e. The van der Waals surface area contributed by atoms with Crippen molar-refractivity contribution >= 4 is 5.70 Å². The average molecular weight is 135 g/mol. The fraction of sp³-hybridized carbons (Fsp3) is 0. The molecule has 1 aromatic rings. The SMILES string of the molecule is C=C/C=C(/N)c1ccco1. The van der Waals surface area contributed by atoms with Crippen LogP contribution in [0.15, 0.2) is 41.5 Å². The highest BCUT2D eigenvalue weighted by atomic mass is 16.3. The Morgan fingerprint density at radius 3 is 3.00 bits per heavy atom. The first-order valence-corrected chi connectivity index (χ1v) is 2.96. The number of allylic oxidation sites excluding steroid dienone is 2. The zero-order valence-electron chi connectivity index (χ0n) is 5.58. The van der Waals surface area contributed by atoms with E-state index < -0.39 is 0 Å². The van der Waals surface area contributed by atoms with E-state index in [2.05, 4.69) is 6.58 Å². The van der Waals surface area contributed by atoms with Crippen LogP contribution in [0.25, 0.3) is 5.70 Å². The molecule has 0 aliphatic rings. The van der Waals surface area contributed by atoms with Crippen molar-refractivity contribution in [1.29, 1.82) is 0 Å². The molecule has 0 radical (unpaired) electrons. The van der Waals surface area contributed by atoms with Gasteiger partial charge in [-0.2, -0.15) is 0 Å². The van der Waals surface area contributed by atoms with Crippen LogP contribution in [0.5, 0.6) is 0 Å². The lowest BCUT2D eigenvalue weighted by Gasteiger charge is -1.91. The van der Waals surface area contributed by atoms with Crippen molar-refractivity contribution in [3.05, 3.63) is 42.9 Å². The maximum atomic E-state index is 5.55. The predicted octanol–water partition coefficient (Wildman–Crippen LogP) is 1.77. The van der Waals surface area contributed by atoms with Crippen molar-refractivity contribution in [2.75, 3.05) is 0 Å². The summed E-state index contributed by atoms with van der Waals surface area (Å²) in [5.74, 6) is 0.680. The largest absolute Gasteiger partial charge is 0.463 e. The molecular weight excluding hydrogens is 126 g/mol. The zero-order valence-corrected chi connectivity index (χ0v) is 5.58. The third-order valence-electron chi connectivity index (χ3n) is 1.10. The van der Waals surface area contributed by atoms with E-state index in [-0.39, 0.29) is 0 Å². The molecule has 2 N–H and O–H groups in total. The molecule has 0 fully saturated rings. The summed E-state index contributed by atoms with van der Waals surface area (Å²) >= 11 is 0. The smallest absolute Gasteiger partial charge is 0.149 e. The van der Waals surface area contributed by atoms with Crippen LogP contribution in [0, 0.1) is 0 Å². The van der Waals surface area contributed by atoms with Gasteiger partial charge in [0.1, 0.15) is 5.76 Å². The van der Waals surface area contributed by atoms with E-state index in [9.17, 15) is 0 Å². The molecule has 1 aromatic heterocycles. The Bertz CT molecular complexity index is 234. The van der Waals surface area contributed by atoms with Gasteiger partial charge in [-0.05, 0) is 18.2 Å². The summed E-state index contributed by atoms with van der Waals surface area (Å²) in [5.41, 5.74) is 6.14. The molecule has 0 saturated carbocycles. The quantitative estimate of drug-likeness (QED) is 0.627. The van der Waals surface area contributed by atoms with Crippen LogP contribution in [0.1, 0.15) is 5.76 Å². The van der Waals surface area contributed by atoms with E-state index >= 15 is 0 Å². The fourth-order valence-electron chi connectivity index (χ4n) is 0.652.